The number of aliphatic hydroxyl groups is 1. The molecule has 3 atom stereocenters. The molecule has 0 aromatic heterocycles. The van der Waals surface area contributed by atoms with E-state index in [1.54, 1.807) is 20.3 Å². The first-order valence-electron chi connectivity index (χ1n) is 4.86. The summed E-state index contributed by atoms with van der Waals surface area (Å²) in [4.78, 5) is 0. The molecule has 0 amide bonds. The molecule has 1 heterocycles. The summed E-state index contributed by atoms with van der Waals surface area (Å²) in [7, 11) is 3.19. The van der Waals surface area contributed by atoms with Crippen molar-refractivity contribution < 1.29 is 19.3 Å². The SMILES string of the molecule is COC1=C[C@H](O)C[C@@H]2CCO[C@]12OC. The first-order valence-corrected chi connectivity index (χ1v) is 4.86. The molecule has 1 N–H and O–H groups in total. The maximum absolute atomic E-state index is 9.60. The Labute approximate surface area is 83.5 Å². The smallest absolute Gasteiger partial charge is 0.230 e. The van der Waals surface area contributed by atoms with Gasteiger partial charge in [0.25, 0.3) is 0 Å². The van der Waals surface area contributed by atoms with Gasteiger partial charge in [0.05, 0.1) is 19.8 Å². The van der Waals surface area contributed by atoms with E-state index in [1.165, 1.54) is 0 Å². The third-order valence-electron chi connectivity index (χ3n) is 3.06. The van der Waals surface area contributed by atoms with Crippen molar-refractivity contribution in [2.24, 2.45) is 5.92 Å². The summed E-state index contributed by atoms with van der Waals surface area (Å²) in [6.45, 7) is 0.659. The highest BCUT2D eigenvalue weighted by Crippen LogP contribution is 2.44. The largest absolute Gasteiger partial charge is 0.496 e. The lowest BCUT2D eigenvalue weighted by atomic mass is 9.85. The Balaban J connectivity index is 2.34. The second-order valence-electron chi connectivity index (χ2n) is 3.74. The minimum atomic E-state index is -0.742. The van der Waals surface area contributed by atoms with E-state index in [0.717, 1.165) is 6.42 Å². The van der Waals surface area contributed by atoms with Crippen LogP contribution in [-0.2, 0) is 14.2 Å². The summed E-state index contributed by atoms with van der Waals surface area (Å²) in [5.41, 5.74) is 0. The lowest BCUT2D eigenvalue weighted by Crippen LogP contribution is -2.44. The van der Waals surface area contributed by atoms with Crippen LogP contribution in [0.15, 0.2) is 11.8 Å². The van der Waals surface area contributed by atoms with Crippen LogP contribution in [0.2, 0.25) is 0 Å². The summed E-state index contributed by atoms with van der Waals surface area (Å²) in [6, 6.07) is 0. The highest BCUT2D eigenvalue weighted by atomic mass is 16.7. The van der Waals surface area contributed by atoms with E-state index in [1.807, 2.05) is 0 Å². The molecular formula is C10H16O4. The van der Waals surface area contributed by atoms with Gasteiger partial charge >= 0.3 is 0 Å². The third kappa shape index (κ3) is 1.26. The lowest BCUT2D eigenvalue weighted by Gasteiger charge is -2.37. The molecule has 2 rings (SSSR count). The van der Waals surface area contributed by atoms with Crippen molar-refractivity contribution in [3.05, 3.63) is 11.8 Å². The van der Waals surface area contributed by atoms with E-state index in [2.05, 4.69) is 0 Å². The van der Waals surface area contributed by atoms with Crippen LogP contribution in [0.5, 0.6) is 0 Å². The Morgan fingerprint density at radius 3 is 3.00 bits per heavy atom. The quantitative estimate of drug-likeness (QED) is 0.711. The normalized spacial score (nSPS) is 41.8. The van der Waals surface area contributed by atoms with E-state index in [4.69, 9.17) is 14.2 Å². The van der Waals surface area contributed by atoms with Gasteiger partial charge in [-0.15, -0.1) is 0 Å². The first-order chi connectivity index (χ1) is 6.73. The molecule has 1 aliphatic carbocycles. The number of hydrogen-bond acceptors (Lipinski definition) is 4. The van der Waals surface area contributed by atoms with Crippen molar-refractivity contribution in [1.29, 1.82) is 0 Å². The molecule has 1 fully saturated rings. The summed E-state index contributed by atoms with van der Waals surface area (Å²) in [5.74, 6) is 0.0530. The van der Waals surface area contributed by atoms with E-state index < -0.39 is 11.9 Å². The van der Waals surface area contributed by atoms with Crippen LogP contribution in [0.4, 0.5) is 0 Å². The topological polar surface area (TPSA) is 47.9 Å². The highest BCUT2D eigenvalue weighted by Gasteiger charge is 2.52. The molecular weight excluding hydrogens is 184 g/mol. The maximum atomic E-state index is 9.60. The average Bonchev–Trinajstić information content (AvgIpc) is 2.60. The fourth-order valence-corrected chi connectivity index (χ4v) is 2.39. The Hall–Kier alpha value is -0.580. The van der Waals surface area contributed by atoms with Crippen molar-refractivity contribution in [2.75, 3.05) is 20.8 Å². The number of ether oxygens (including phenoxy) is 3. The summed E-state index contributed by atoms with van der Waals surface area (Å²) in [6.07, 6.45) is 2.82. The van der Waals surface area contributed by atoms with Crippen molar-refractivity contribution >= 4 is 0 Å². The Morgan fingerprint density at radius 2 is 2.36 bits per heavy atom. The van der Waals surface area contributed by atoms with E-state index in [-0.39, 0.29) is 5.92 Å². The van der Waals surface area contributed by atoms with Crippen molar-refractivity contribution in [3.63, 3.8) is 0 Å². The number of fused-ring (bicyclic) bond motifs is 1. The molecule has 0 aromatic rings. The molecule has 0 bridgehead atoms. The fourth-order valence-electron chi connectivity index (χ4n) is 2.39. The Morgan fingerprint density at radius 1 is 1.57 bits per heavy atom. The van der Waals surface area contributed by atoms with Crippen LogP contribution in [0.3, 0.4) is 0 Å². The number of rotatable bonds is 2. The monoisotopic (exact) mass is 200 g/mol. The second-order valence-corrected chi connectivity index (χ2v) is 3.74. The minimum Gasteiger partial charge on any atom is -0.496 e. The predicted octanol–water partition coefficient (Wildman–Crippen LogP) is 0.660. The van der Waals surface area contributed by atoms with Gasteiger partial charge in [-0.25, -0.2) is 0 Å². The van der Waals surface area contributed by atoms with Gasteiger partial charge in [0.2, 0.25) is 5.79 Å². The van der Waals surface area contributed by atoms with Crippen molar-refractivity contribution in [3.8, 4) is 0 Å². The minimum absolute atomic E-state index is 0.197. The van der Waals surface area contributed by atoms with E-state index >= 15 is 0 Å². The van der Waals surface area contributed by atoms with Crippen LogP contribution in [0, 0.1) is 5.92 Å². The molecule has 80 valence electrons. The van der Waals surface area contributed by atoms with Crippen molar-refractivity contribution in [2.45, 2.75) is 24.7 Å². The molecule has 4 heteroatoms. The molecule has 1 saturated heterocycles. The van der Waals surface area contributed by atoms with Crippen LogP contribution in [-0.4, -0.2) is 37.8 Å². The summed E-state index contributed by atoms with van der Waals surface area (Å²) >= 11 is 0. The number of aliphatic hydroxyl groups excluding tert-OH is 1. The van der Waals surface area contributed by atoms with Crippen LogP contribution >= 0.6 is 0 Å². The van der Waals surface area contributed by atoms with Crippen LogP contribution in [0.1, 0.15) is 12.8 Å². The standard InChI is InChI=1S/C10H16O4/c1-12-9-6-8(11)5-7-3-4-14-10(7,9)13-2/h6-8,11H,3-5H2,1-2H3/t7-,8+,10-/m0/s1. The first kappa shape index (κ1) is 9.96. The summed E-state index contributed by atoms with van der Waals surface area (Å²) < 4.78 is 16.3. The predicted molar refractivity (Wildman–Crippen MR) is 49.5 cm³/mol. The molecule has 2 aliphatic rings. The van der Waals surface area contributed by atoms with Crippen LogP contribution < -0.4 is 0 Å². The zero-order valence-electron chi connectivity index (χ0n) is 8.53. The molecule has 0 spiro atoms. The van der Waals surface area contributed by atoms with E-state index in [9.17, 15) is 5.11 Å². The van der Waals surface area contributed by atoms with Crippen molar-refractivity contribution in [1.82, 2.24) is 0 Å². The van der Waals surface area contributed by atoms with Crippen LogP contribution in [0.25, 0.3) is 0 Å². The van der Waals surface area contributed by atoms with Gasteiger partial charge in [0, 0.05) is 13.0 Å². The summed E-state index contributed by atoms with van der Waals surface area (Å²) in [5, 5.41) is 9.60. The lowest BCUT2D eigenvalue weighted by molar-refractivity contribution is -0.217. The maximum Gasteiger partial charge on any atom is 0.230 e. The van der Waals surface area contributed by atoms with Gasteiger partial charge in [-0.1, -0.05) is 0 Å². The average molecular weight is 200 g/mol. The van der Waals surface area contributed by atoms with Gasteiger partial charge in [0.15, 0.2) is 5.76 Å². The second kappa shape index (κ2) is 3.53. The highest BCUT2D eigenvalue weighted by molar-refractivity contribution is 5.17. The molecule has 1 aliphatic heterocycles. The molecule has 14 heavy (non-hydrogen) atoms. The number of methoxy groups -OCH3 is 2. The zero-order chi connectivity index (χ0) is 10.2. The fraction of sp³-hybridized carbons (Fsp3) is 0.800. The van der Waals surface area contributed by atoms with Gasteiger partial charge < -0.3 is 19.3 Å². The molecule has 0 saturated carbocycles. The third-order valence-corrected chi connectivity index (χ3v) is 3.06. The van der Waals surface area contributed by atoms with Gasteiger partial charge in [0.1, 0.15) is 0 Å². The molecule has 4 nitrogen and oxygen atoms in total. The Kier molecular flexibility index (Phi) is 2.51. The molecule has 0 radical (unpaired) electrons. The Bertz CT molecular complexity index is 251. The van der Waals surface area contributed by atoms with E-state index in [0.29, 0.717) is 18.8 Å². The van der Waals surface area contributed by atoms with Gasteiger partial charge in [-0.3, -0.25) is 0 Å². The zero-order valence-corrected chi connectivity index (χ0v) is 8.53. The number of hydrogen-bond donors (Lipinski definition) is 1. The molecule has 0 aromatic carbocycles. The van der Waals surface area contributed by atoms with Gasteiger partial charge in [-0.2, -0.15) is 0 Å². The van der Waals surface area contributed by atoms with Gasteiger partial charge in [-0.05, 0) is 18.9 Å². The molecule has 0 unspecified atom stereocenters.